The van der Waals surface area contributed by atoms with Gasteiger partial charge in [0.1, 0.15) is 5.82 Å². The van der Waals surface area contributed by atoms with Crippen LogP contribution >= 0.6 is 0 Å². The van der Waals surface area contributed by atoms with E-state index in [4.69, 9.17) is 0 Å². The zero-order valence-corrected chi connectivity index (χ0v) is 14.5. The standard InChI is InChI=1S/C19H16FNO3S/c1-13(22)21-12-11-18(14-3-7-16(20)8-4-14)19(21)15-5-9-17(10-6-15)25(2,23)24/h3-12H,1-2H3. The van der Waals surface area contributed by atoms with E-state index in [1.807, 2.05) is 0 Å². The second-order valence-electron chi connectivity index (χ2n) is 5.77. The van der Waals surface area contributed by atoms with Crippen LogP contribution in [0.1, 0.15) is 11.7 Å². The van der Waals surface area contributed by atoms with Gasteiger partial charge >= 0.3 is 0 Å². The summed E-state index contributed by atoms with van der Waals surface area (Å²) < 4.78 is 38.0. The van der Waals surface area contributed by atoms with Crippen molar-refractivity contribution in [2.45, 2.75) is 11.8 Å². The number of hydrogen-bond acceptors (Lipinski definition) is 3. The Morgan fingerprint density at radius 2 is 1.48 bits per heavy atom. The van der Waals surface area contributed by atoms with Crippen LogP contribution in [0.25, 0.3) is 22.4 Å². The molecule has 0 N–H and O–H groups in total. The summed E-state index contributed by atoms with van der Waals surface area (Å²) in [6.45, 7) is 1.45. The summed E-state index contributed by atoms with van der Waals surface area (Å²) in [5, 5.41) is 0. The molecule has 0 aliphatic rings. The Morgan fingerprint density at radius 3 is 2.00 bits per heavy atom. The molecule has 0 bridgehead atoms. The van der Waals surface area contributed by atoms with Crippen molar-refractivity contribution in [1.82, 2.24) is 4.57 Å². The van der Waals surface area contributed by atoms with E-state index in [0.29, 0.717) is 11.3 Å². The van der Waals surface area contributed by atoms with Gasteiger partial charge in [0, 0.05) is 24.9 Å². The minimum absolute atomic E-state index is 0.171. The molecule has 128 valence electrons. The second-order valence-corrected chi connectivity index (χ2v) is 7.79. The topological polar surface area (TPSA) is 56.1 Å². The van der Waals surface area contributed by atoms with Gasteiger partial charge in [-0.3, -0.25) is 9.36 Å². The Bertz CT molecular complexity index is 1030. The molecule has 0 aliphatic heterocycles. The van der Waals surface area contributed by atoms with Crippen molar-refractivity contribution in [2.24, 2.45) is 0 Å². The molecule has 0 aliphatic carbocycles. The Kier molecular flexibility index (Phi) is 4.30. The number of rotatable bonds is 3. The number of hydrogen-bond donors (Lipinski definition) is 0. The number of aromatic nitrogens is 1. The van der Waals surface area contributed by atoms with E-state index in [1.165, 1.54) is 35.8 Å². The Hall–Kier alpha value is -2.73. The molecule has 25 heavy (non-hydrogen) atoms. The summed E-state index contributed by atoms with van der Waals surface area (Å²) in [7, 11) is -3.30. The zero-order chi connectivity index (χ0) is 18.2. The molecule has 1 aromatic heterocycles. The number of carbonyl (C=O) groups excluding carboxylic acids is 1. The van der Waals surface area contributed by atoms with Crippen molar-refractivity contribution in [3.05, 3.63) is 66.6 Å². The van der Waals surface area contributed by atoms with Gasteiger partial charge in [-0.25, -0.2) is 12.8 Å². The quantitative estimate of drug-likeness (QED) is 0.711. The molecule has 0 unspecified atom stereocenters. The third-order valence-corrected chi connectivity index (χ3v) is 5.07. The van der Waals surface area contributed by atoms with E-state index < -0.39 is 9.84 Å². The SMILES string of the molecule is CC(=O)n1ccc(-c2ccc(F)cc2)c1-c1ccc(S(C)(=O)=O)cc1. The lowest BCUT2D eigenvalue weighted by Crippen LogP contribution is -2.06. The lowest BCUT2D eigenvalue weighted by atomic mass is 10.0. The van der Waals surface area contributed by atoms with Crippen LogP contribution in [-0.4, -0.2) is 25.1 Å². The Morgan fingerprint density at radius 1 is 0.920 bits per heavy atom. The van der Waals surface area contributed by atoms with Gasteiger partial charge in [0.25, 0.3) is 0 Å². The fourth-order valence-electron chi connectivity index (χ4n) is 2.71. The van der Waals surface area contributed by atoms with Crippen molar-refractivity contribution in [2.75, 3.05) is 6.26 Å². The van der Waals surface area contributed by atoms with Crippen molar-refractivity contribution in [3.8, 4) is 22.4 Å². The molecular weight excluding hydrogens is 341 g/mol. The summed E-state index contributed by atoms with van der Waals surface area (Å²) in [4.78, 5) is 12.2. The van der Waals surface area contributed by atoms with Gasteiger partial charge in [-0.05, 0) is 41.5 Å². The molecule has 1 heterocycles. The molecule has 3 rings (SSSR count). The normalized spacial score (nSPS) is 11.5. The molecule has 0 spiro atoms. The zero-order valence-electron chi connectivity index (χ0n) is 13.7. The summed E-state index contributed by atoms with van der Waals surface area (Å²) in [5.41, 5.74) is 2.87. The van der Waals surface area contributed by atoms with Crippen LogP contribution < -0.4 is 0 Å². The highest BCUT2D eigenvalue weighted by Gasteiger charge is 2.16. The highest BCUT2D eigenvalue weighted by atomic mass is 32.2. The number of nitrogens with zero attached hydrogens (tertiary/aromatic N) is 1. The van der Waals surface area contributed by atoms with E-state index >= 15 is 0 Å². The first-order chi connectivity index (χ1) is 11.8. The molecule has 0 fully saturated rings. The Balaban J connectivity index is 2.18. The maximum atomic E-state index is 13.2. The van der Waals surface area contributed by atoms with E-state index in [9.17, 15) is 17.6 Å². The first-order valence-corrected chi connectivity index (χ1v) is 9.45. The second kappa shape index (κ2) is 6.29. The molecule has 3 aromatic rings. The summed E-state index contributed by atoms with van der Waals surface area (Å²) >= 11 is 0. The third kappa shape index (κ3) is 3.39. The van der Waals surface area contributed by atoms with Crippen molar-refractivity contribution in [3.63, 3.8) is 0 Å². The maximum Gasteiger partial charge on any atom is 0.227 e. The van der Waals surface area contributed by atoms with Gasteiger partial charge in [-0.2, -0.15) is 0 Å². The van der Waals surface area contributed by atoms with Crippen LogP contribution in [0.5, 0.6) is 0 Å². The molecule has 0 amide bonds. The number of halogens is 1. The molecular formula is C19H16FNO3S. The smallest absolute Gasteiger partial charge is 0.227 e. The molecule has 0 saturated heterocycles. The predicted molar refractivity (Wildman–Crippen MR) is 94.7 cm³/mol. The fraction of sp³-hybridized carbons (Fsp3) is 0.105. The highest BCUT2D eigenvalue weighted by molar-refractivity contribution is 7.90. The van der Waals surface area contributed by atoms with Crippen LogP contribution in [0.4, 0.5) is 4.39 Å². The average molecular weight is 357 g/mol. The molecule has 6 heteroatoms. The van der Waals surface area contributed by atoms with Gasteiger partial charge in [0.05, 0.1) is 10.6 Å². The number of sulfone groups is 1. The lowest BCUT2D eigenvalue weighted by Gasteiger charge is -2.10. The number of benzene rings is 2. The Labute approximate surface area is 145 Å². The van der Waals surface area contributed by atoms with Crippen LogP contribution in [0.2, 0.25) is 0 Å². The van der Waals surface area contributed by atoms with Gasteiger partial charge < -0.3 is 0 Å². The van der Waals surface area contributed by atoms with Crippen LogP contribution in [0.3, 0.4) is 0 Å². The minimum Gasteiger partial charge on any atom is -0.287 e. The lowest BCUT2D eigenvalue weighted by molar-refractivity contribution is 0.0939. The van der Waals surface area contributed by atoms with Crippen molar-refractivity contribution in [1.29, 1.82) is 0 Å². The first kappa shape index (κ1) is 17.1. The van der Waals surface area contributed by atoms with E-state index in [2.05, 4.69) is 0 Å². The predicted octanol–water partition coefficient (Wildman–Crippen LogP) is 4.02. The van der Waals surface area contributed by atoms with Crippen molar-refractivity contribution >= 4 is 15.7 Å². The summed E-state index contributed by atoms with van der Waals surface area (Å²) in [6, 6.07) is 14.1. The largest absolute Gasteiger partial charge is 0.287 e. The van der Waals surface area contributed by atoms with Crippen molar-refractivity contribution < 1.29 is 17.6 Å². The van der Waals surface area contributed by atoms with E-state index in [1.54, 1.807) is 36.5 Å². The van der Waals surface area contributed by atoms with Crippen LogP contribution in [0.15, 0.2) is 65.7 Å². The summed E-state index contributed by atoms with van der Waals surface area (Å²) in [6.07, 6.45) is 2.80. The van der Waals surface area contributed by atoms with Crippen LogP contribution in [-0.2, 0) is 9.84 Å². The molecule has 0 radical (unpaired) electrons. The minimum atomic E-state index is -3.30. The molecule has 0 atom stereocenters. The highest BCUT2D eigenvalue weighted by Crippen LogP contribution is 2.34. The van der Waals surface area contributed by atoms with Gasteiger partial charge in [-0.1, -0.05) is 24.3 Å². The molecule has 4 nitrogen and oxygen atoms in total. The monoisotopic (exact) mass is 357 g/mol. The first-order valence-electron chi connectivity index (χ1n) is 7.56. The van der Waals surface area contributed by atoms with Gasteiger partial charge in [0.2, 0.25) is 5.91 Å². The third-order valence-electron chi connectivity index (χ3n) is 3.94. The van der Waals surface area contributed by atoms with E-state index in [0.717, 1.165) is 17.4 Å². The van der Waals surface area contributed by atoms with Gasteiger partial charge in [0.15, 0.2) is 9.84 Å². The maximum absolute atomic E-state index is 13.2. The van der Waals surface area contributed by atoms with Gasteiger partial charge in [-0.15, -0.1) is 0 Å². The fourth-order valence-corrected chi connectivity index (χ4v) is 3.34. The average Bonchev–Trinajstić information content (AvgIpc) is 3.00. The van der Waals surface area contributed by atoms with E-state index in [-0.39, 0.29) is 16.6 Å². The molecule has 0 saturated carbocycles. The number of carbonyl (C=O) groups is 1. The summed E-state index contributed by atoms with van der Waals surface area (Å²) in [5.74, 6) is -0.510. The molecule has 2 aromatic carbocycles. The van der Waals surface area contributed by atoms with Crippen LogP contribution in [0, 0.1) is 5.82 Å².